The van der Waals surface area contributed by atoms with Crippen LogP contribution in [0.15, 0.2) is 4.52 Å². The van der Waals surface area contributed by atoms with Crippen molar-refractivity contribution >= 4 is 0 Å². The van der Waals surface area contributed by atoms with Crippen molar-refractivity contribution in [3.05, 3.63) is 11.7 Å². The van der Waals surface area contributed by atoms with E-state index in [9.17, 15) is 0 Å². The zero-order valence-corrected chi connectivity index (χ0v) is 8.57. The summed E-state index contributed by atoms with van der Waals surface area (Å²) in [6.07, 6.45) is 0.873. The number of hydrogen-bond acceptors (Lipinski definition) is 5. The molecule has 0 aliphatic rings. The lowest BCUT2D eigenvalue weighted by molar-refractivity contribution is 0.00973. The van der Waals surface area contributed by atoms with E-state index in [2.05, 4.69) is 10.1 Å². The van der Waals surface area contributed by atoms with Gasteiger partial charge in [0.15, 0.2) is 0 Å². The molecular weight excluding hydrogens is 182 g/mol. The second-order valence-corrected chi connectivity index (χ2v) is 3.38. The van der Waals surface area contributed by atoms with Crippen LogP contribution in [0.25, 0.3) is 0 Å². The number of nitrogens with zero attached hydrogens (tertiary/aromatic N) is 3. The fraction of sp³-hybridized carbons (Fsp3) is 0.667. The van der Waals surface area contributed by atoms with Gasteiger partial charge < -0.3 is 9.26 Å². The number of hydrogen-bond donors (Lipinski definition) is 0. The van der Waals surface area contributed by atoms with Gasteiger partial charge in [-0.3, -0.25) is 0 Å². The average Bonchev–Trinajstić information content (AvgIpc) is 2.63. The van der Waals surface area contributed by atoms with E-state index < -0.39 is 5.60 Å². The first-order valence-electron chi connectivity index (χ1n) is 4.35. The maximum atomic E-state index is 8.38. The van der Waals surface area contributed by atoms with Crippen LogP contribution in [-0.2, 0) is 16.8 Å². The molecule has 0 amide bonds. The molecule has 1 heterocycles. The smallest absolute Gasteiger partial charge is 0.227 e. The van der Waals surface area contributed by atoms with Gasteiger partial charge in [0.2, 0.25) is 11.7 Å². The summed E-state index contributed by atoms with van der Waals surface area (Å²) in [6, 6.07) is 2.02. The Morgan fingerprint density at radius 3 is 2.86 bits per heavy atom. The highest BCUT2D eigenvalue weighted by atomic mass is 16.5. The third kappa shape index (κ3) is 2.30. The molecule has 1 aromatic rings. The fourth-order valence-electron chi connectivity index (χ4n) is 0.855. The van der Waals surface area contributed by atoms with Crippen LogP contribution in [0.5, 0.6) is 0 Å². The standard InChI is InChI=1S/C9H13N3O2/c1-9(2,13-3)8-11-7(14-12-8)5-4-6-10/h4-5H2,1-3H3. The third-order valence-electron chi connectivity index (χ3n) is 1.97. The molecule has 76 valence electrons. The molecule has 14 heavy (non-hydrogen) atoms. The van der Waals surface area contributed by atoms with E-state index in [1.807, 2.05) is 19.9 Å². The van der Waals surface area contributed by atoms with E-state index in [4.69, 9.17) is 14.5 Å². The molecule has 5 heteroatoms. The lowest BCUT2D eigenvalue weighted by Gasteiger charge is -2.17. The monoisotopic (exact) mass is 195 g/mol. The second-order valence-electron chi connectivity index (χ2n) is 3.38. The second kappa shape index (κ2) is 4.20. The number of nitriles is 1. The molecule has 0 saturated heterocycles. The van der Waals surface area contributed by atoms with Crippen molar-refractivity contribution < 1.29 is 9.26 Å². The molecule has 0 aromatic carbocycles. The minimum Gasteiger partial charge on any atom is -0.371 e. The molecule has 0 bridgehead atoms. The van der Waals surface area contributed by atoms with Crippen molar-refractivity contribution in [1.29, 1.82) is 5.26 Å². The number of rotatable bonds is 4. The van der Waals surface area contributed by atoms with Gasteiger partial charge >= 0.3 is 0 Å². The van der Waals surface area contributed by atoms with E-state index in [1.54, 1.807) is 7.11 Å². The molecule has 0 atom stereocenters. The van der Waals surface area contributed by atoms with Gasteiger partial charge in [0.1, 0.15) is 5.60 Å². The molecule has 1 rings (SSSR count). The number of ether oxygens (including phenoxy) is 1. The Bertz CT molecular complexity index is 338. The average molecular weight is 195 g/mol. The molecule has 5 nitrogen and oxygen atoms in total. The lowest BCUT2D eigenvalue weighted by Crippen LogP contribution is -2.21. The van der Waals surface area contributed by atoms with E-state index in [1.165, 1.54) is 0 Å². The van der Waals surface area contributed by atoms with Crippen molar-refractivity contribution in [3.63, 3.8) is 0 Å². The molecular formula is C9H13N3O2. The minimum atomic E-state index is -0.547. The summed E-state index contributed by atoms with van der Waals surface area (Å²) < 4.78 is 10.2. The van der Waals surface area contributed by atoms with E-state index in [0.29, 0.717) is 24.6 Å². The minimum absolute atomic E-state index is 0.384. The Morgan fingerprint density at radius 1 is 1.57 bits per heavy atom. The van der Waals surface area contributed by atoms with Crippen molar-refractivity contribution in [1.82, 2.24) is 10.1 Å². The van der Waals surface area contributed by atoms with Crippen LogP contribution >= 0.6 is 0 Å². The summed E-state index contributed by atoms with van der Waals surface area (Å²) in [5.74, 6) is 0.986. The van der Waals surface area contributed by atoms with Crippen molar-refractivity contribution in [2.45, 2.75) is 32.3 Å². The first-order valence-corrected chi connectivity index (χ1v) is 4.35. The van der Waals surface area contributed by atoms with Gasteiger partial charge in [-0.25, -0.2) is 0 Å². The molecule has 0 radical (unpaired) electrons. The summed E-state index contributed by atoms with van der Waals surface area (Å²) in [7, 11) is 1.59. The molecule has 0 aliphatic heterocycles. The first-order chi connectivity index (χ1) is 6.60. The predicted octanol–water partition coefficient (Wildman–Crippen LogP) is 1.41. The van der Waals surface area contributed by atoms with Gasteiger partial charge in [0, 0.05) is 20.0 Å². The Labute approximate surface area is 82.7 Å². The fourth-order valence-corrected chi connectivity index (χ4v) is 0.855. The van der Waals surface area contributed by atoms with Crippen molar-refractivity contribution in [2.75, 3.05) is 7.11 Å². The van der Waals surface area contributed by atoms with Gasteiger partial charge in [0.25, 0.3) is 0 Å². The van der Waals surface area contributed by atoms with Gasteiger partial charge in [-0.05, 0) is 13.8 Å². The van der Waals surface area contributed by atoms with Crippen LogP contribution in [0.4, 0.5) is 0 Å². The molecule has 0 saturated carbocycles. The Kier molecular flexibility index (Phi) is 3.20. The van der Waals surface area contributed by atoms with Gasteiger partial charge in [-0.15, -0.1) is 0 Å². The van der Waals surface area contributed by atoms with Crippen LogP contribution in [0.1, 0.15) is 32.0 Å². The number of methoxy groups -OCH3 is 1. The normalized spacial score (nSPS) is 11.3. The molecule has 1 aromatic heterocycles. The van der Waals surface area contributed by atoms with Crippen molar-refractivity contribution in [2.24, 2.45) is 0 Å². The van der Waals surface area contributed by atoms with Gasteiger partial charge in [-0.2, -0.15) is 10.2 Å². The van der Waals surface area contributed by atoms with Crippen LogP contribution < -0.4 is 0 Å². The number of aryl methyl sites for hydroxylation is 1. The molecule has 0 aliphatic carbocycles. The summed E-state index contributed by atoms with van der Waals surface area (Å²) in [5, 5.41) is 12.2. The summed E-state index contributed by atoms with van der Waals surface area (Å²) in [5.41, 5.74) is -0.547. The highest BCUT2D eigenvalue weighted by Crippen LogP contribution is 2.20. The first kappa shape index (κ1) is 10.7. The van der Waals surface area contributed by atoms with Crippen molar-refractivity contribution in [3.8, 4) is 6.07 Å². The van der Waals surface area contributed by atoms with E-state index in [0.717, 1.165) is 0 Å². The van der Waals surface area contributed by atoms with Crippen LogP contribution in [-0.4, -0.2) is 17.3 Å². The van der Waals surface area contributed by atoms with Gasteiger partial charge in [-0.1, -0.05) is 5.16 Å². The van der Waals surface area contributed by atoms with Crippen LogP contribution in [0.3, 0.4) is 0 Å². The predicted molar refractivity (Wildman–Crippen MR) is 48.3 cm³/mol. The summed E-state index contributed by atoms with van der Waals surface area (Å²) in [6.45, 7) is 3.71. The lowest BCUT2D eigenvalue weighted by atomic mass is 10.1. The zero-order valence-electron chi connectivity index (χ0n) is 8.57. The third-order valence-corrected chi connectivity index (χ3v) is 1.97. The maximum absolute atomic E-state index is 8.38. The Hall–Kier alpha value is -1.41. The topological polar surface area (TPSA) is 71.9 Å². The van der Waals surface area contributed by atoms with Gasteiger partial charge in [0.05, 0.1) is 6.07 Å². The molecule has 0 N–H and O–H groups in total. The van der Waals surface area contributed by atoms with Crippen LogP contribution in [0.2, 0.25) is 0 Å². The molecule has 0 spiro atoms. The number of aromatic nitrogens is 2. The summed E-state index contributed by atoms with van der Waals surface area (Å²) >= 11 is 0. The maximum Gasteiger partial charge on any atom is 0.227 e. The summed E-state index contributed by atoms with van der Waals surface area (Å²) in [4.78, 5) is 4.14. The van der Waals surface area contributed by atoms with Crippen LogP contribution in [0, 0.1) is 11.3 Å². The Morgan fingerprint density at radius 2 is 2.29 bits per heavy atom. The van der Waals surface area contributed by atoms with E-state index in [-0.39, 0.29) is 0 Å². The quantitative estimate of drug-likeness (QED) is 0.726. The largest absolute Gasteiger partial charge is 0.371 e. The zero-order chi connectivity index (χ0) is 10.6. The molecule has 0 fully saturated rings. The Balaban J connectivity index is 2.73. The highest BCUT2D eigenvalue weighted by molar-refractivity contribution is 4.97. The molecule has 0 unspecified atom stereocenters. The highest BCUT2D eigenvalue weighted by Gasteiger charge is 2.25. The SMILES string of the molecule is COC(C)(C)c1noc(CCC#N)n1. The van der Waals surface area contributed by atoms with E-state index >= 15 is 0 Å².